The minimum absolute atomic E-state index is 0.0135. The second-order valence-corrected chi connectivity index (χ2v) is 4.69. The van der Waals surface area contributed by atoms with Crippen LogP contribution in [0.1, 0.15) is 0 Å². The van der Waals surface area contributed by atoms with Gasteiger partial charge in [-0.05, 0) is 24.3 Å². The van der Waals surface area contributed by atoms with Gasteiger partial charge in [-0.25, -0.2) is 4.39 Å². The van der Waals surface area contributed by atoms with E-state index >= 15 is 0 Å². The Labute approximate surface area is 137 Å². The molecule has 0 heterocycles. The highest BCUT2D eigenvalue weighted by atomic mass is 35.5. The number of alkyl halides is 1. The van der Waals surface area contributed by atoms with Gasteiger partial charge in [0.15, 0.2) is 23.1 Å². The van der Waals surface area contributed by atoms with E-state index in [1.165, 1.54) is 26.4 Å². The molecule has 0 unspecified atom stereocenters. The van der Waals surface area contributed by atoms with Crippen molar-refractivity contribution in [3.05, 3.63) is 42.2 Å². The van der Waals surface area contributed by atoms with Crippen molar-refractivity contribution in [1.29, 1.82) is 0 Å². The molecule has 0 fully saturated rings. The second kappa shape index (κ2) is 7.69. The molecular formula is C16H15ClFNO4. The maximum Gasteiger partial charge on any atom is 0.239 e. The summed E-state index contributed by atoms with van der Waals surface area (Å²) in [5, 5.41) is 2.45. The number of carbonyl (C=O) groups is 1. The first-order valence-corrected chi connectivity index (χ1v) is 7.16. The van der Waals surface area contributed by atoms with Crippen LogP contribution in [-0.4, -0.2) is 26.0 Å². The Kier molecular flexibility index (Phi) is 5.65. The number of para-hydroxylation sites is 1. The van der Waals surface area contributed by atoms with E-state index in [9.17, 15) is 9.18 Å². The van der Waals surface area contributed by atoms with Crippen LogP contribution in [0.4, 0.5) is 10.1 Å². The van der Waals surface area contributed by atoms with Gasteiger partial charge in [0.05, 0.1) is 14.2 Å². The highest BCUT2D eigenvalue weighted by Gasteiger charge is 2.14. The van der Waals surface area contributed by atoms with Crippen LogP contribution >= 0.6 is 11.6 Å². The zero-order valence-electron chi connectivity index (χ0n) is 12.6. The van der Waals surface area contributed by atoms with Crippen molar-refractivity contribution in [2.75, 3.05) is 25.4 Å². The predicted molar refractivity (Wildman–Crippen MR) is 85.4 cm³/mol. The maximum absolute atomic E-state index is 14.1. The zero-order valence-corrected chi connectivity index (χ0v) is 13.3. The number of hydrogen-bond donors (Lipinski definition) is 1. The molecule has 122 valence electrons. The molecule has 0 saturated carbocycles. The van der Waals surface area contributed by atoms with Crippen LogP contribution in [0.3, 0.4) is 0 Å². The van der Waals surface area contributed by atoms with Crippen molar-refractivity contribution in [3.63, 3.8) is 0 Å². The number of benzene rings is 2. The Hall–Kier alpha value is -2.47. The lowest BCUT2D eigenvalue weighted by Crippen LogP contribution is -2.12. The van der Waals surface area contributed by atoms with Gasteiger partial charge in [0.1, 0.15) is 5.88 Å². The summed E-state index contributed by atoms with van der Waals surface area (Å²) in [4.78, 5) is 11.2. The average Bonchev–Trinajstić information content (AvgIpc) is 2.56. The van der Waals surface area contributed by atoms with E-state index in [2.05, 4.69) is 5.32 Å². The Morgan fingerprint density at radius 1 is 1.13 bits per heavy atom. The van der Waals surface area contributed by atoms with Crippen molar-refractivity contribution >= 4 is 23.2 Å². The first-order chi connectivity index (χ1) is 11.1. The van der Waals surface area contributed by atoms with Gasteiger partial charge in [-0.15, -0.1) is 11.6 Å². The fourth-order valence-electron chi connectivity index (χ4n) is 1.91. The van der Waals surface area contributed by atoms with Gasteiger partial charge < -0.3 is 19.5 Å². The number of anilines is 1. The van der Waals surface area contributed by atoms with Crippen LogP contribution in [0.2, 0.25) is 0 Å². The lowest BCUT2D eigenvalue weighted by atomic mass is 10.2. The molecule has 2 aromatic rings. The number of methoxy groups -OCH3 is 2. The third-order valence-corrected chi connectivity index (χ3v) is 3.17. The number of ether oxygens (including phenoxy) is 3. The number of nitrogens with one attached hydrogen (secondary N) is 1. The first-order valence-electron chi connectivity index (χ1n) is 6.63. The summed E-state index contributed by atoms with van der Waals surface area (Å²) in [6.45, 7) is 0. The second-order valence-electron chi connectivity index (χ2n) is 4.42. The molecule has 0 aliphatic rings. The molecule has 0 bridgehead atoms. The fourth-order valence-corrected chi connectivity index (χ4v) is 1.98. The summed E-state index contributed by atoms with van der Waals surface area (Å²) in [7, 11) is 2.96. The van der Waals surface area contributed by atoms with E-state index in [1.54, 1.807) is 18.2 Å². The smallest absolute Gasteiger partial charge is 0.239 e. The standard InChI is InChI=1S/C16H15ClFNO4/c1-21-13-4-3-5-14(16(13)22-2)23-12-7-6-10(8-11(12)18)19-15(20)9-17/h3-8H,9H2,1-2H3,(H,19,20). The lowest BCUT2D eigenvalue weighted by Gasteiger charge is -2.14. The van der Waals surface area contributed by atoms with E-state index in [1.807, 2.05) is 0 Å². The Morgan fingerprint density at radius 3 is 2.48 bits per heavy atom. The molecule has 0 aromatic heterocycles. The van der Waals surface area contributed by atoms with Crippen molar-refractivity contribution in [1.82, 2.24) is 0 Å². The topological polar surface area (TPSA) is 56.8 Å². The Morgan fingerprint density at radius 2 is 1.87 bits per heavy atom. The summed E-state index contributed by atoms with van der Waals surface area (Å²) < 4.78 is 30.1. The van der Waals surface area contributed by atoms with E-state index in [-0.39, 0.29) is 17.3 Å². The van der Waals surface area contributed by atoms with Gasteiger partial charge in [0.2, 0.25) is 11.7 Å². The molecule has 7 heteroatoms. The SMILES string of the molecule is COc1cccc(Oc2ccc(NC(=O)CCl)cc2F)c1OC. The number of carbonyl (C=O) groups excluding carboxylic acids is 1. The van der Waals surface area contributed by atoms with E-state index in [0.29, 0.717) is 17.2 Å². The lowest BCUT2D eigenvalue weighted by molar-refractivity contribution is -0.113. The third kappa shape index (κ3) is 4.04. The molecule has 2 rings (SSSR count). The van der Waals surface area contributed by atoms with Crippen molar-refractivity contribution < 1.29 is 23.4 Å². The van der Waals surface area contributed by atoms with Gasteiger partial charge in [0, 0.05) is 11.8 Å². The Bertz CT molecular complexity index is 708. The molecule has 0 aliphatic carbocycles. The Balaban J connectivity index is 2.26. The van der Waals surface area contributed by atoms with Crippen LogP contribution in [0.15, 0.2) is 36.4 Å². The van der Waals surface area contributed by atoms with Crippen LogP contribution in [-0.2, 0) is 4.79 Å². The third-order valence-electron chi connectivity index (χ3n) is 2.92. The van der Waals surface area contributed by atoms with Crippen LogP contribution in [0.5, 0.6) is 23.0 Å². The monoisotopic (exact) mass is 339 g/mol. The van der Waals surface area contributed by atoms with Gasteiger partial charge in [-0.3, -0.25) is 4.79 Å². The largest absolute Gasteiger partial charge is 0.493 e. The minimum atomic E-state index is -0.637. The van der Waals surface area contributed by atoms with Gasteiger partial charge in [-0.1, -0.05) is 6.07 Å². The van der Waals surface area contributed by atoms with E-state index < -0.39 is 11.7 Å². The van der Waals surface area contributed by atoms with Crippen molar-refractivity contribution in [2.45, 2.75) is 0 Å². The molecule has 0 saturated heterocycles. The molecule has 1 amide bonds. The summed E-state index contributed by atoms with van der Waals surface area (Å²) in [6.07, 6.45) is 0. The highest BCUT2D eigenvalue weighted by molar-refractivity contribution is 6.29. The van der Waals surface area contributed by atoms with Crippen LogP contribution < -0.4 is 19.5 Å². The summed E-state index contributed by atoms with van der Waals surface area (Å²) >= 11 is 5.39. The number of rotatable bonds is 6. The summed E-state index contributed by atoms with van der Waals surface area (Å²) in [6, 6.07) is 9.08. The van der Waals surface area contributed by atoms with Crippen LogP contribution in [0.25, 0.3) is 0 Å². The molecule has 1 N–H and O–H groups in total. The molecule has 5 nitrogen and oxygen atoms in total. The number of amides is 1. The quantitative estimate of drug-likeness (QED) is 0.813. The molecule has 0 radical (unpaired) electrons. The predicted octanol–water partition coefficient (Wildman–Crippen LogP) is 3.81. The first kappa shape index (κ1) is 16.9. The number of hydrogen-bond acceptors (Lipinski definition) is 4. The van der Waals surface area contributed by atoms with Crippen molar-refractivity contribution in [2.24, 2.45) is 0 Å². The zero-order chi connectivity index (χ0) is 16.8. The summed E-state index contributed by atoms with van der Waals surface area (Å²) in [5.41, 5.74) is 0.290. The molecule has 0 aliphatic heterocycles. The normalized spacial score (nSPS) is 10.1. The van der Waals surface area contributed by atoms with Gasteiger partial charge >= 0.3 is 0 Å². The molecule has 23 heavy (non-hydrogen) atoms. The highest BCUT2D eigenvalue weighted by Crippen LogP contribution is 2.39. The van der Waals surface area contributed by atoms with Gasteiger partial charge in [0.25, 0.3) is 0 Å². The average molecular weight is 340 g/mol. The minimum Gasteiger partial charge on any atom is -0.493 e. The molecule has 2 aromatic carbocycles. The maximum atomic E-state index is 14.1. The van der Waals surface area contributed by atoms with Gasteiger partial charge in [-0.2, -0.15) is 0 Å². The van der Waals surface area contributed by atoms with E-state index in [0.717, 1.165) is 6.07 Å². The molecular weight excluding hydrogens is 325 g/mol. The van der Waals surface area contributed by atoms with Crippen LogP contribution in [0, 0.1) is 5.82 Å². The summed E-state index contributed by atoms with van der Waals surface area (Å²) in [5.74, 6) is -0.147. The molecule has 0 atom stereocenters. The number of halogens is 2. The van der Waals surface area contributed by atoms with E-state index in [4.69, 9.17) is 25.8 Å². The molecule has 0 spiro atoms. The van der Waals surface area contributed by atoms with Crippen molar-refractivity contribution in [3.8, 4) is 23.0 Å². The fraction of sp³-hybridized carbons (Fsp3) is 0.188.